The quantitative estimate of drug-likeness (QED) is 0.569. The molecular weight excluding hydrogens is 370 g/mol. The molecule has 0 saturated carbocycles. The molecule has 0 spiro atoms. The van der Waals surface area contributed by atoms with E-state index in [0.29, 0.717) is 0 Å². The number of anilines is 1. The highest BCUT2D eigenvalue weighted by molar-refractivity contribution is 7.99. The Morgan fingerprint density at radius 3 is 2.64 bits per heavy atom. The average Bonchev–Trinajstić information content (AvgIpc) is 3.10. The van der Waals surface area contributed by atoms with Crippen LogP contribution in [0.2, 0.25) is 0 Å². The minimum Gasteiger partial charge on any atom is -0.325 e. The van der Waals surface area contributed by atoms with Gasteiger partial charge in [-0.25, -0.2) is 0 Å². The third-order valence-corrected chi connectivity index (χ3v) is 5.35. The van der Waals surface area contributed by atoms with Gasteiger partial charge in [-0.2, -0.15) is 0 Å². The van der Waals surface area contributed by atoms with Crippen molar-refractivity contribution < 1.29 is 4.79 Å². The van der Waals surface area contributed by atoms with Crippen molar-refractivity contribution in [2.24, 2.45) is 0 Å². The molecule has 0 radical (unpaired) electrons. The molecule has 1 amide bonds. The van der Waals surface area contributed by atoms with Crippen LogP contribution in [0.15, 0.2) is 47.9 Å². The molecule has 0 bridgehead atoms. The lowest BCUT2D eigenvalue weighted by Crippen LogP contribution is -2.15. The number of rotatable bonds is 8. The maximum atomic E-state index is 12.4. The van der Waals surface area contributed by atoms with Gasteiger partial charge in [-0.15, -0.1) is 10.2 Å². The number of carbonyl (C=O) groups excluding carboxylic acids is 1. The second-order valence-electron chi connectivity index (χ2n) is 6.70. The Kier molecular flexibility index (Phi) is 6.81. The van der Waals surface area contributed by atoms with Gasteiger partial charge in [0.15, 0.2) is 11.0 Å². The first-order valence-electron chi connectivity index (χ1n) is 9.42. The van der Waals surface area contributed by atoms with Crippen LogP contribution in [0.25, 0.3) is 11.4 Å². The van der Waals surface area contributed by atoms with Crippen LogP contribution in [0.3, 0.4) is 0 Å². The van der Waals surface area contributed by atoms with Crippen molar-refractivity contribution in [2.45, 2.75) is 45.3 Å². The predicted octanol–water partition coefficient (Wildman–Crippen LogP) is 4.49. The summed E-state index contributed by atoms with van der Waals surface area (Å²) in [5.41, 5.74) is 4.06. The molecule has 2 heterocycles. The molecule has 1 N–H and O–H groups in total. The Labute approximate surface area is 169 Å². The second-order valence-corrected chi connectivity index (χ2v) is 7.64. The molecule has 0 atom stereocenters. The molecule has 3 aromatic rings. The molecule has 1 aromatic carbocycles. The number of unbranched alkanes of at least 4 members (excludes halogenated alkanes) is 1. The highest BCUT2D eigenvalue weighted by Crippen LogP contribution is 2.25. The predicted molar refractivity (Wildman–Crippen MR) is 113 cm³/mol. The fourth-order valence-electron chi connectivity index (χ4n) is 2.90. The molecule has 6 nitrogen and oxygen atoms in total. The Morgan fingerprint density at radius 1 is 1.14 bits per heavy atom. The Morgan fingerprint density at radius 2 is 1.93 bits per heavy atom. The smallest absolute Gasteiger partial charge is 0.234 e. The number of hydrogen-bond donors (Lipinski definition) is 1. The second kappa shape index (κ2) is 9.50. The number of amides is 1. The largest absolute Gasteiger partial charge is 0.325 e. The molecule has 0 aliphatic heterocycles. The monoisotopic (exact) mass is 395 g/mol. The topological polar surface area (TPSA) is 72.7 Å². The average molecular weight is 396 g/mol. The molecule has 0 aliphatic rings. The summed E-state index contributed by atoms with van der Waals surface area (Å²) in [4.78, 5) is 16.5. The lowest BCUT2D eigenvalue weighted by molar-refractivity contribution is -0.113. The number of aryl methyl sites for hydroxylation is 2. The van der Waals surface area contributed by atoms with E-state index < -0.39 is 0 Å². The van der Waals surface area contributed by atoms with Gasteiger partial charge in [-0.05, 0) is 44.0 Å². The van der Waals surface area contributed by atoms with E-state index in [-0.39, 0.29) is 11.7 Å². The summed E-state index contributed by atoms with van der Waals surface area (Å²) in [5.74, 6) is 1.05. The summed E-state index contributed by atoms with van der Waals surface area (Å²) < 4.78 is 2.09. The number of hydrogen-bond acceptors (Lipinski definition) is 5. The van der Waals surface area contributed by atoms with E-state index >= 15 is 0 Å². The molecule has 7 heteroatoms. The van der Waals surface area contributed by atoms with E-state index in [2.05, 4.69) is 38.1 Å². The van der Waals surface area contributed by atoms with Gasteiger partial charge < -0.3 is 9.88 Å². The van der Waals surface area contributed by atoms with E-state index in [9.17, 15) is 4.79 Å². The first-order chi connectivity index (χ1) is 13.6. The molecule has 0 fully saturated rings. The first-order valence-corrected chi connectivity index (χ1v) is 10.4. The van der Waals surface area contributed by atoms with Crippen molar-refractivity contribution in [1.29, 1.82) is 0 Å². The fourth-order valence-corrected chi connectivity index (χ4v) is 3.66. The number of pyridine rings is 1. The summed E-state index contributed by atoms with van der Waals surface area (Å²) in [5, 5.41) is 12.4. The maximum absolute atomic E-state index is 12.4. The van der Waals surface area contributed by atoms with Crippen LogP contribution in [-0.2, 0) is 11.3 Å². The highest BCUT2D eigenvalue weighted by Gasteiger charge is 2.15. The molecule has 146 valence electrons. The van der Waals surface area contributed by atoms with Crippen molar-refractivity contribution in [1.82, 2.24) is 19.7 Å². The number of nitrogens with zero attached hydrogens (tertiary/aromatic N) is 4. The molecule has 3 rings (SSSR count). The van der Waals surface area contributed by atoms with Gasteiger partial charge in [0.25, 0.3) is 0 Å². The van der Waals surface area contributed by atoms with Crippen molar-refractivity contribution in [3.8, 4) is 11.4 Å². The van der Waals surface area contributed by atoms with Gasteiger partial charge in [-0.1, -0.05) is 42.8 Å². The van der Waals surface area contributed by atoms with Gasteiger partial charge in [0.2, 0.25) is 5.91 Å². The van der Waals surface area contributed by atoms with Crippen molar-refractivity contribution in [3.63, 3.8) is 0 Å². The minimum atomic E-state index is -0.0487. The van der Waals surface area contributed by atoms with Crippen LogP contribution in [0.4, 0.5) is 5.69 Å². The number of benzene rings is 1. The van der Waals surface area contributed by atoms with Crippen LogP contribution in [0, 0.1) is 13.8 Å². The molecule has 2 aromatic heterocycles. The SMILES string of the molecule is CCCCn1c(SCC(=O)Nc2ccc(C)cc2C)nnc1-c1ccncc1. The number of aromatic nitrogens is 4. The molecule has 0 saturated heterocycles. The Hall–Kier alpha value is -2.67. The zero-order chi connectivity index (χ0) is 19.9. The van der Waals surface area contributed by atoms with E-state index in [0.717, 1.165) is 47.2 Å². The number of nitrogens with one attached hydrogen (secondary N) is 1. The molecule has 0 unspecified atom stereocenters. The van der Waals surface area contributed by atoms with Gasteiger partial charge in [0, 0.05) is 30.2 Å². The third-order valence-electron chi connectivity index (χ3n) is 4.38. The molecular formula is C21H25N5OS. The van der Waals surface area contributed by atoms with E-state index in [1.54, 1.807) is 12.4 Å². The summed E-state index contributed by atoms with van der Waals surface area (Å²) in [7, 11) is 0. The van der Waals surface area contributed by atoms with Gasteiger partial charge in [-0.3, -0.25) is 9.78 Å². The van der Waals surface area contributed by atoms with E-state index in [4.69, 9.17) is 0 Å². The highest BCUT2D eigenvalue weighted by atomic mass is 32.2. The van der Waals surface area contributed by atoms with Crippen LogP contribution in [-0.4, -0.2) is 31.4 Å². The lowest BCUT2D eigenvalue weighted by atomic mass is 10.1. The normalized spacial score (nSPS) is 10.8. The summed E-state index contributed by atoms with van der Waals surface area (Å²) >= 11 is 1.41. The maximum Gasteiger partial charge on any atom is 0.234 e. The Balaban J connectivity index is 1.71. The van der Waals surface area contributed by atoms with Gasteiger partial charge in [0.1, 0.15) is 0 Å². The van der Waals surface area contributed by atoms with Crippen molar-refractivity contribution in [3.05, 3.63) is 53.9 Å². The number of carbonyl (C=O) groups is 1. The van der Waals surface area contributed by atoms with Gasteiger partial charge in [0.05, 0.1) is 5.75 Å². The third kappa shape index (κ3) is 4.98. The molecule has 0 aliphatic carbocycles. The summed E-state index contributed by atoms with van der Waals surface area (Å²) in [6.45, 7) is 7.01. The number of thioether (sulfide) groups is 1. The fraction of sp³-hybridized carbons (Fsp3) is 0.333. The first kappa shape index (κ1) is 20.1. The summed E-state index contributed by atoms with van der Waals surface area (Å²) in [6, 6.07) is 9.85. The van der Waals surface area contributed by atoms with Crippen LogP contribution < -0.4 is 5.32 Å². The molecule has 28 heavy (non-hydrogen) atoms. The van der Waals surface area contributed by atoms with Crippen molar-refractivity contribution in [2.75, 3.05) is 11.1 Å². The lowest BCUT2D eigenvalue weighted by Gasteiger charge is -2.11. The van der Waals surface area contributed by atoms with E-state index in [1.807, 2.05) is 38.1 Å². The van der Waals surface area contributed by atoms with E-state index in [1.165, 1.54) is 17.3 Å². The summed E-state index contributed by atoms with van der Waals surface area (Å²) in [6.07, 6.45) is 5.60. The van der Waals surface area contributed by atoms with Crippen LogP contribution in [0.5, 0.6) is 0 Å². The zero-order valence-electron chi connectivity index (χ0n) is 16.5. The van der Waals surface area contributed by atoms with Gasteiger partial charge >= 0.3 is 0 Å². The van der Waals surface area contributed by atoms with Crippen molar-refractivity contribution >= 4 is 23.4 Å². The standard InChI is InChI=1S/C21H25N5OS/c1-4-5-12-26-20(17-8-10-22-11-9-17)24-25-21(26)28-14-19(27)23-18-7-6-15(2)13-16(18)3/h6-11,13H,4-5,12,14H2,1-3H3,(H,23,27). The van der Waals surface area contributed by atoms with Crippen LogP contribution >= 0.6 is 11.8 Å². The van der Waals surface area contributed by atoms with Crippen LogP contribution in [0.1, 0.15) is 30.9 Å². The Bertz CT molecular complexity index is 939. The zero-order valence-corrected chi connectivity index (χ0v) is 17.3. The minimum absolute atomic E-state index is 0.0487.